The van der Waals surface area contributed by atoms with Gasteiger partial charge in [0.05, 0.1) is 24.2 Å². The number of carbonyl (C=O) groups excluding carboxylic acids is 1. The van der Waals surface area contributed by atoms with E-state index in [-0.39, 0.29) is 11.1 Å². The van der Waals surface area contributed by atoms with Gasteiger partial charge in [-0.1, -0.05) is 32.9 Å². The van der Waals surface area contributed by atoms with Gasteiger partial charge in [0.25, 0.3) is 0 Å². The van der Waals surface area contributed by atoms with Crippen LogP contribution in [0, 0.1) is 11.6 Å². The average molecular weight is 400 g/mol. The Morgan fingerprint density at radius 2 is 1.79 bits per heavy atom. The van der Waals surface area contributed by atoms with Gasteiger partial charge in [-0.2, -0.15) is 5.10 Å². The van der Waals surface area contributed by atoms with Crippen molar-refractivity contribution >= 4 is 17.5 Å². The number of hydrogen-bond donors (Lipinski definition) is 2. The van der Waals surface area contributed by atoms with Gasteiger partial charge in [-0.3, -0.25) is 5.32 Å². The Labute approximate surface area is 167 Å². The number of anilines is 2. The third-order valence-corrected chi connectivity index (χ3v) is 4.22. The molecule has 0 atom stereocenters. The van der Waals surface area contributed by atoms with Gasteiger partial charge in [0.15, 0.2) is 11.6 Å². The molecule has 3 aromatic rings. The molecule has 2 aromatic carbocycles. The lowest BCUT2D eigenvalue weighted by atomic mass is 9.92. The van der Waals surface area contributed by atoms with Gasteiger partial charge >= 0.3 is 6.03 Å². The zero-order valence-corrected chi connectivity index (χ0v) is 16.6. The third-order valence-electron chi connectivity index (χ3n) is 4.22. The van der Waals surface area contributed by atoms with E-state index < -0.39 is 17.7 Å². The number of aromatic nitrogens is 2. The number of rotatable bonds is 4. The first-order chi connectivity index (χ1) is 13.7. The molecule has 2 N–H and O–H groups in total. The van der Waals surface area contributed by atoms with Crippen molar-refractivity contribution in [3.8, 4) is 11.4 Å². The maximum atomic E-state index is 13.8. The molecule has 6 nitrogen and oxygen atoms in total. The van der Waals surface area contributed by atoms with Crippen LogP contribution in [-0.2, 0) is 5.41 Å². The summed E-state index contributed by atoms with van der Waals surface area (Å²) in [5.41, 5.74) is 0.886. The fraction of sp³-hybridized carbons (Fsp3) is 0.238. The van der Waals surface area contributed by atoms with Gasteiger partial charge in [-0.15, -0.1) is 0 Å². The molecule has 152 valence electrons. The van der Waals surface area contributed by atoms with Crippen LogP contribution in [0.1, 0.15) is 26.5 Å². The van der Waals surface area contributed by atoms with Crippen LogP contribution in [0.4, 0.5) is 25.1 Å². The van der Waals surface area contributed by atoms with Gasteiger partial charge in [0.1, 0.15) is 11.6 Å². The second-order valence-corrected chi connectivity index (χ2v) is 7.46. The van der Waals surface area contributed by atoms with Crippen LogP contribution < -0.4 is 15.4 Å². The summed E-state index contributed by atoms with van der Waals surface area (Å²) in [5.74, 6) is -1.16. The van der Waals surface area contributed by atoms with Crippen LogP contribution >= 0.6 is 0 Å². The Balaban J connectivity index is 1.94. The van der Waals surface area contributed by atoms with Crippen molar-refractivity contribution in [2.75, 3.05) is 17.7 Å². The molecule has 0 aliphatic carbocycles. The van der Waals surface area contributed by atoms with E-state index in [0.29, 0.717) is 17.3 Å². The molecule has 1 aromatic heterocycles. The number of urea groups is 1. The van der Waals surface area contributed by atoms with Gasteiger partial charge < -0.3 is 10.1 Å². The lowest BCUT2D eigenvalue weighted by molar-refractivity contribution is 0.262. The maximum absolute atomic E-state index is 13.8. The van der Waals surface area contributed by atoms with Crippen LogP contribution in [0.5, 0.6) is 5.75 Å². The standard InChI is InChI=1S/C21H22F2N4O2/c1-21(2,3)17-12-18(27(26-17)13-7-5-8-14(11-13)29-4)25-20(28)24-16-10-6-9-15(22)19(16)23/h5-12H,1-4H3,(H2,24,25,28). The zero-order valence-electron chi connectivity index (χ0n) is 16.6. The number of amides is 2. The number of halogens is 2. The van der Waals surface area contributed by atoms with E-state index in [1.54, 1.807) is 36.1 Å². The molecule has 1 heterocycles. The molecule has 0 fully saturated rings. The van der Waals surface area contributed by atoms with E-state index in [9.17, 15) is 13.6 Å². The summed E-state index contributed by atoms with van der Waals surface area (Å²) in [5, 5.41) is 9.58. The third kappa shape index (κ3) is 4.53. The summed E-state index contributed by atoms with van der Waals surface area (Å²) in [6.07, 6.45) is 0. The number of ether oxygens (including phenoxy) is 1. The quantitative estimate of drug-likeness (QED) is 0.640. The molecule has 3 rings (SSSR count). The summed E-state index contributed by atoms with van der Waals surface area (Å²) < 4.78 is 34.0. The first-order valence-corrected chi connectivity index (χ1v) is 8.96. The smallest absolute Gasteiger partial charge is 0.324 e. The Hall–Kier alpha value is -3.42. The summed E-state index contributed by atoms with van der Waals surface area (Å²) in [6, 6.07) is 11.8. The minimum absolute atomic E-state index is 0.258. The van der Waals surface area contributed by atoms with E-state index in [1.807, 2.05) is 26.8 Å². The molecule has 0 radical (unpaired) electrons. The monoisotopic (exact) mass is 400 g/mol. The van der Waals surface area contributed by atoms with Crippen molar-refractivity contribution in [1.82, 2.24) is 9.78 Å². The summed E-state index contributed by atoms with van der Waals surface area (Å²) in [4.78, 5) is 12.4. The van der Waals surface area contributed by atoms with Crippen LogP contribution in [0.25, 0.3) is 5.69 Å². The molecule has 29 heavy (non-hydrogen) atoms. The summed E-state index contributed by atoms with van der Waals surface area (Å²) in [6.45, 7) is 5.99. The van der Waals surface area contributed by atoms with Crippen molar-refractivity contribution in [3.63, 3.8) is 0 Å². The molecule has 0 spiro atoms. The van der Waals surface area contributed by atoms with Crippen LogP contribution in [-0.4, -0.2) is 22.9 Å². The zero-order chi connectivity index (χ0) is 21.2. The fourth-order valence-electron chi connectivity index (χ4n) is 2.65. The molecule has 0 aliphatic heterocycles. The van der Waals surface area contributed by atoms with Gasteiger partial charge in [0, 0.05) is 17.5 Å². The maximum Gasteiger partial charge on any atom is 0.324 e. The number of benzene rings is 2. The molecule has 0 bridgehead atoms. The highest BCUT2D eigenvalue weighted by Crippen LogP contribution is 2.28. The lowest BCUT2D eigenvalue weighted by Crippen LogP contribution is -2.22. The number of hydrogen-bond acceptors (Lipinski definition) is 3. The minimum Gasteiger partial charge on any atom is -0.497 e. The Bertz CT molecular complexity index is 1040. The van der Waals surface area contributed by atoms with Crippen molar-refractivity contribution in [1.29, 1.82) is 0 Å². The molecule has 0 unspecified atom stereocenters. The highest BCUT2D eigenvalue weighted by molar-refractivity contribution is 5.99. The number of carbonyl (C=O) groups is 1. The number of nitrogens with one attached hydrogen (secondary N) is 2. The Morgan fingerprint density at radius 3 is 2.48 bits per heavy atom. The SMILES string of the molecule is COc1cccc(-n2nc(C(C)(C)C)cc2NC(=O)Nc2cccc(F)c2F)c1. The van der Waals surface area contributed by atoms with Crippen LogP contribution in [0.2, 0.25) is 0 Å². The molecule has 8 heteroatoms. The fourth-order valence-corrected chi connectivity index (χ4v) is 2.65. The van der Waals surface area contributed by atoms with Gasteiger partial charge in [-0.25, -0.2) is 18.3 Å². The first-order valence-electron chi connectivity index (χ1n) is 8.96. The molecule has 0 saturated heterocycles. The number of methoxy groups -OCH3 is 1. The van der Waals surface area contributed by atoms with E-state index >= 15 is 0 Å². The van der Waals surface area contributed by atoms with Crippen molar-refractivity contribution in [3.05, 3.63) is 65.9 Å². The lowest BCUT2D eigenvalue weighted by Gasteiger charge is -2.14. The summed E-state index contributed by atoms with van der Waals surface area (Å²) in [7, 11) is 1.56. The van der Waals surface area contributed by atoms with E-state index in [1.165, 1.54) is 12.1 Å². The Kier molecular flexibility index (Phi) is 5.54. The molecule has 0 saturated carbocycles. The summed E-state index contributed by atoms with van der Waals surface area (Å²) >= 11 is 0. The minimum atomic E-state index is -1.13. The topological polar surface area (TPSA) is 68.2 Å². The van der Waals surface area contributed by atoms with Gasteiger partial charge in [-0.05, 0) is 24.3 Å². The molecule has 2 amide bonds. The first kappa shape index (κ1) is 20.3. The molecule has 0 aliphatic rings. The average Bonchev–Trinajstić information content (AvgIpc) is 3.09. The van der Waals surface area contributed by atoms with Gasteiger partial charge in [0.2, 0.25) is 0 Å². The molecular formula is C21H22F2N4O2. The van der Waals surface area contributed by atoms with E-state index in [2.05, 4.69) is 15.7 Å². The largest absolute Gasteiger partial charge is 0.497 e. The Morgan fingerprint density at radius 1 is 1.07 bits per heavy atom. The van der Waals surface area contributed by atoms with Crippen molar-refractivity contribution < 1.29 is 18.3 Å². The molecular weight excluding hydrogens is 378 g/mol. The van der Waals surface area contributed by atoms with Crippen molar-refractivity contribution in [2.45, 2.75) is 26.2 Å². The predicted octanol–water partition coefficient (Wildman–Crippen LogP) is 5.10. The number of nitrogens with zero attached hydrogens (tertiary/aromatic N) is 2. The second kappa shape index (κ2) is 7.90. The predicted molar refractivity (Wildman–Crippen MR) is 108 cm³/mol. The highest BCUT2D eigenvalue weighted by Gasteiger charge is 2.22. The normalized spacial score (nSPS) is 11.2. The van der Waals surface area contributed by atoms with E-state index in [0.717, 1.165) is 11.8 Å². The van der Waals surface area contributed by atoms with Crippen LogP contribution in [0.3, 0.4) is 0 Å². The highest BCUT2D eigenvalue weighted by atomic mass is 19.2. The van der Waals surface area contributed by atoms with E-state index in [4.69, 9.17) is 4.74 Å². The van der Waals surface area contributed by atoms with Crippen LogP contribution in [0.15, 0.2) is 48.5 Å². The van der Waals surface area contributed by atoms with Crippen molar-refractivity contribution in [2.24, 2.45) is 0 Å². The second-order valence-electron chi connectivity index (χ2n) is 7.46.